The van der Waals surface area contributed by atoms with Gasteiger partial charge in [0.25, 0.3) is 0 Å². The summed E-state index contributed by atoms with van der Waals surface area (Å²) in [5.41, 5.74) is 3.87. The number of benzene rings is 2. The molecule has 1 heterocycles. The molecule has 3 aromatic rings. The Labute approximate surface area is 129 Å². The third kappa shape index (κ3) is 2.81. The molecule has 0 fully saturated rings. The van der Waals surface area contributed by atoms with E-state index in [1.165, 1.54) is 5.56 Å². The molecule has 2 aromatic carbocycles. The molecule has 1 amide bonds. The first-order valence-corrected chi connectivity index (χ1v) is 7.17. The van der Waals surface area contributed by atoms with E-state index in [2.05, 4.69) is 10.3 Å². The third-order valence-corrected chi connectivity index (χ3v) is 3.66. The lowest BCUT2D eigenvalue weighted by molar-refractivity contribution is -0.115. The topological polar surface area (TPSA) is 54.1 Å². The van der Waals surface area contributed by atoms with E-state index in [0.717, 1.165) is 27.9 Å². The fraction of sp³-hybridized carbons (Fsp3) is 0.167. The first kappa shape index (κ1) is 14.2. The summed E-state index contributed by atoms with van der Waals surface area (Å²) in [6, 6.07) is 13.6. The minimum Gasteiger partial charge on any atom is -0.496 e. The van der Waals surface area contributed by atoms with Crippen molar-refractivity contribution in [1.29, 1.82) is 0 Å². The Hall–Kier alpha value is -2.75. The fourth-order valence-electron chi connectivity index (χ4n) is 2.54. The van der Waals surface area contributed by atoms with Gasteiger partial charge in [-0.15, -0.1) is 0 Å². The van der Waals surface area contributed by atoms with Crippen LogP contribution in [0.25, 0.3) is 10.9 Å². The van der Waals surface area contributed by atoms with Gasteiger partial charge in [-0.2, -0.15) is 0 Å². The van der Waals surface area contributed by atoms with Crippen molar-refractivity contribution in [2.24, 2.45) is 0 Å². The van der Waals surface area contributed by atoms with E-state index in [1.807, 2.05) is 55.6 Å². The van der Waals surface area contributed by atoms with E-state index in [1.54, 1.807) is 7.11 Å². The van der Waals surface area contributed by atoms with Crippen LogP contribution in [0.2, 0.25) is 0 Å². The summed E-state index contributed by atoms with van der Waals surface area (Å²) in [7, 11) is 1.64. The number of methoxy groups -OCH3 is 1. The smallest absolute Gasteiger partial charge is 0.228 e. The van der Waals surface area contributed by atoms with Crippen LogP contribution in [0, 0.1) is 6.92 Å². The zero-order valence-electron chi connectivity index (χ0n) is 12.6. The maximum Gasteiger partial charge on any atom is 0.228 e. The number of aryl methyl sites for hydroxylation is 1. The van der Waals surface area contributed by atoms with Gasteiger partial charge < -0.3 is 15.0 Å². The quantitative estimate of drug-likeness (QED) is 0.771. The normalized spacial score (nSPS) is 10.6. The maximum atomic E-state index is 12.2. The molecule has 112 valence electrons. The van der Waals surface area contributed by atoms with Crippen molar-refractivity contribution >= 4 is 22.5 Å². The fourth-order valence-corrected chi connectivity index (χ4v) is 2.54. The van der Waals surface area contributed by atoms with Crippen molar-refractivity contribution in [2.75, 3.05) is 12.4 Å². The third-order valence-electron chi connectivity index (χ3n) is 3.66. The Morgan fingerprint density at radius 1 is 1.18 bits per heavy atom. The number of H-pyrrole nitrogens is 1. The Bertz CT molecular complexity index is 804. The summed E-state index contributed by atoms with van der Waals surface area (Å²) in [6.07, 6.45) is 2.16. The molecule has 1 aromatic heterocycles. The number of ether oxygens (including phenoxy) is 1. The van der Waals surface area contributed by atoms with Crippen molar-refractivity contribution in [2.45, 2.75) is 13.3 Å². The lowest BCUT2D eigenvalue weighted by Crippen LogP contribution is -2.14. The van der Waals surface area contributed by atoms with Crippen LogP contribution in [0.1, 0.15) is 11.1 Å². The summed E-state index contributed by atoms with van der Waals surface area (Å²) in [6.45, 7) is 2.02. The second-order valence-electron chi connectivity index (χ2n) is 5.29. The summed E-state index contributed by atoms with van der Waals surface area (Å²) < 4.78 is 5.39. The highest BCUT2D eigenvalue weighted by molar-refractivity contribution is 5.97. The number of anilines is 1. The van der Waals surface area contributed by atoms with Gasteiger partial charge in [-0.3, -0.25) is 4.79 Å². The lowest BCUT2D eigenvalue weighted by atomic mass is 10.1. The van der Waals surface area contributed by atoms with Gasteiger partial charge in [0, 0.05) is 22.8 Å². The molecule has 4 nitrogen and oxygen atoms in total. The Morgan fingerprint density at radius 2 is 1.95 bits per heavy atom. The molecule has 0 aliphatic carbocycles. The molecule has 2 N–H and O–H groups in total. The van der Waals surface area contributed by atoms with Crippen LogP contribution in [0.4, 0.5) is 5.69 Å². The summed E-state index contributed by atoms with van der Waals surface area (Å²) in [5, 5.41) is 3.88. The number of hydrogen-bond acceptors (Lipinski definition) is 2. The summed E-state index contributed by atoms with van der Waals surface area (Å²) in [5.74, 6) is 0.729. The van der Waals surface area contributed by atoms with Crippen LogP contribution in [-0.2, 0) is 11.2 Å². The standard InChI is InChI=1S/C18H18N2O2/c1-12-6-8-14(9-7-12)20-17(21)10-13-11-19-15-4-3-5-16(22-2)18(13)15/h3-9,11,19H,10H2,1-2H3,(H,20,21). The molecular weight excluding hydrogens is 276 g/mol. The van der Waals surface area contributed by atoms with Gasteiger partial charge in [-0.05, 0) is 36.8 Å². The second-order valence-corrected chi connectivity index (χ2v) is 5.29. The largest absolute Gasteiger partial charge is 0.496 e. The first-order chi connectivity index (χ1) is 10.7. The maximum absolute atomic E-state index is 12.2. The number of amides is 1. The van der Waals surface area contributed by atoms with Gasteiger partial charge in [-0.25, -0.2) is 0 Å². The predicted molar refractivity (Wildman–Crippen MR) is 88.4 cm³/mol. The minimum atomic E-state index is -0.0457. The monoisotopic (exact) mass is 294 g/mol. The number of fused-ring (bicyclic) bond motifs is 1. The van der Waals surface area contributed by atoms with E-state index >= 15 is 0 Å². The van der Waals surface area contributed by atoms with Crippen molar-refractivity contribution in [3.63, 3.8) is 0 Å². The molecular formula is C18H18N2O2. The number of carbonyl (C=O) groups is 1. The molecule has 0 aliphatic rings. The summed E-state index contributed by atoms with van der Waals surface area (Å²) >= 11 is 0. The average Bonchev–Trinajstić information content (AvgIpc) is 2.93. The van der Waals surface area contributed by atoms with Crippen molar-refractivity contribution in [1.82, 2.24) is 4.98 Å². The molecule has 0 saturated heterocycles. The van der Waals surface area contributed by atoms with Gasteiger partial charge in [-0.1, -0.05) is 23.8 Å². The van der Waals surface area contributed by atoms with Crippen LogP contribution in [0.15, 0.2) is 48.7 Å². The number of aromatic nitrogens is 1. The first-order valence-electron chi connectivity index (χ1n) is 7.17. The highest BCUT2D eigenvalue weighted by Gasteiger charge is 2.12. The molecule has 0 spiro atoms. The number of hydrogen-bond donors (Lipinski definition) is 2. The Kier molecular flexibility index (Phi) is 3.83. The van der Waals surface area contributed by atoms with E-state index in [9.17, 15) is 4.79 Å². The number of carbonyl (C=O) groups excluding carboxylic acids is 1. The number of nitrogens with one attached hydrogen (secondary N) is 2. The van der Waals surface area contributed by atoms with E-state index in [-0.39, 0.29) is 5.91 Å². The van der Waals surface area contributed by atoms with Gasteiger partial charge in [0.05, 0.1) is 13.5 Å². The number of aromatic amines is 1. The van der Waals surface area contributed by atoms with Gasteiger partial charge in [0.1, 0.15) is 5.75 Å². The minimum absolute atomic E-state index is 0.0457. The van der Waals surface area contributed by atoms with Gasteiger partial charge in [0.2, 0.25) is 5.91 Å². The SMILES string of the molecule is COc1cccc2[nH]cc(CC(=O)Nc3ccc(C)cc3)c12. The predicted octanol–water partition coefficient (Wildman–Crippen LogP) is 3.67. The van der Waals surface area contributed by atoms with Crippen LogP contribution in [0.3, 0.4) is 0 Å². The Morgan fingerprint density at radius 3 is 2.68 bits per heavy atom. The zero-order valence-corrected chi connectivity index (χ0v) is 12.6. The molecule has 0 atom stereocenters. The van der Waals surface area contributed by atoms with Crippen molar-refractivity contribution < 1.29 is 9.53 Å². The highest BCUT2D eigenvalue weighted by Crippen LogP contribution is 2.28. The molecule has 4 heteroatoms. The molecule has 0 unspecified atom stereocenters. The molecule has 0 bridgehead atoms. The number of rotatable bonds is 4. The van der Waals surface area contributed by atoms with Crippen molar-refractivity contribution in [3.8, 4) is 5.75 Å². The molecule has 22 heavy (non-hydrogen) atoms. The lowest BCUT2D eigenvalue weighted by Gasteiger charge is -2.07. The van der Waals surface area contributed by atoms with E-state index < -0.39 is 0 Å². The highest BCUT2D eigenvalue weighted by atomic mass is 16.5. The molecule has 3 rings (SSSR count). The molecule has 0 radical (unpaired) electrons. The zero-order chi connectivity index (χ0) is 15.5. The second kappa shape index (κ2) is 5.93. The Balaban J connectivity index is 1.81. The van der Waals surface area contributed by atoms with Crippen LogP contribution < -0.4 is 10.1 Å². The van der Waals surface area contributed by atoms with Gasteiger partial charge in [0.15, 0.2) is 0 Å². The van der Waals surface area contributed by atoms with Crippen LogP contribution in [-0.4, -0.2) is 18.0 Å². The average molecular weight is 294 g/mol. The van der Waals surface area contributed by atoms with E-state index in [0.29, 0.717) is 6.42 Å². The molecule has 0 aliphatic heterocycles. The van der Waals surface area contributed by atoms with E-state index in [4.69, 9.17) is 4.74 Å². The molecule has 0 saturated carbocycles. The van der Waals surface area contributed by atoms with Crippen LogP contribution >= 0.6 is 0 Å². The van der Waals surface area contributed by atoms with Gasteiger partial charge >= 0.3 is 0 Å². The summed E-state index contributed by atoms with van der Waals surface area (Å²) in [4.78, 5) is 15.4. The van der Waals surface area contributed by atoms with Crippen molar-refractivity contribution in [3.05, 3.63) is 59.8 Å². The van der Waals surface area contributed by atoms with Crippen LogP contribution in [0.5, 0.6) is 5.75 Å².